The average Bonchev–Trinajstić information content (AvgIpc) is 2.67. The van der Waals surface area contributed by atoms with Gasteiger partial charge in [0.25, 0.3) is 5.91 Å². The van der Waals surface area contributed by atoms with E-state index >= 15 is 0 Å². The van der Waals surface area contributed by atoms with Crippen molar-refractivity contribution in [3.05, 3.63) is 71.3 Å². The summed E-state index contributed by atoms with van der Waals surface area (Å²) in [6, 6.07) is 16.5. The normalized spacial score (nSPS) is 11.3. The number of carbonyl (C=O) groups excluding carboxylic acids is 3. The number of amides is 3. The van der Waals surface area contributed by atoms with Crippen LogP contribution >= 0.6 is 0 Å². The van der Waals surface area contributed by atoms with Gasteiger partial charge in [-0.2, -0.15) is 0 Å². The number of ether oxygens (including phenoxy) is 1. The van der Waals surface area contributed by atoms with Gasteiger partial charge in [0, 0.05) is 6.54 Å². The summed E-state index contributed by atoms with van der Waals surface area (Å²) in [6.07, 6.45) is 0.384. The van der Waals surface area contributed by atoms with Crippen LogP contribution in [0, 0.1) is 0 Å². The van der Waals surface area contributed by atoms with Crippen molar-refractivity contribution in [2.45, 2.75) is 32.8 Å². The first-order valence-corrected chi connectivity index (χ1v) is 8.92. The lowest BCUT2D eigenvalue weighted by Crippen LogP contribution is -2.44. The molecule has 0 heterocycles. The van der Waals surface area contributed by atoms with E-state index in [1.54, 1.807) is 19.1 Å². The van der Waals surface area contributed by atoms with Crippen molar-refractivity contribution in [3.8, 4) is 0 Å². The minimum atomic E-state index is -1.08. The Kier molecular flexibility index (Phi) is 7.55. The highest BCUT2D eigenvalue weighted by atomic mass is 16.5. The van der Waals surface area contributed by atoms with E-state index in [0.717, 1.165) is 12.0 Å². The number of urea groups is 1. The van der Waals surface area contributed by atoms with Crippen LogP contribution in [-0.2, 0) is 22.4 Å². The van der Waals surface area contributed by atoms with Crippen LogP contribution in [0.2, 0.25) is 0 Å². The van der Waals surface area contributed by atoms with Gasteiger partial charge in [0.15, 0.2) is 6.10 Å². The summed E-state index contributed by atoms with van der Waals surface area (Å²) >= 11 is 0. The van der Waals surface area contributed by atoms with E-state index in [1.807, 2.05) is 42.5 Å². The molecule has 0 aliphatic rings. The summed E-state index contributed by atoms with van der Waals surface area (Å²) in [4.78, 5) is 35.8. The van der Waals surface area contributed by atoms with Crippen LogP contribution in [0.5, 0.6) is 0 Å². The third-order valence-electron chi connectivity index (χ3n) is 3.99. The highest BCUT2D eigenvalue weighted by Crippen LogP contribution is 2.15. The van der Waals surface area contributed by atoms with Gasteiger partial charge in [-0.3, -0.25) is 10.1 Å². The molecule has 0 unspecified atom stereocenters. The van der Waals surface area contributed by atoms with Crippen LogP contribution in [0.3, 0.4) is 0 Å². The fraction of sp³-hybridized carbons (Fsp3) is 0.286. The Bertz CT molecular complexity index is 790. The molecule has 0 saturated heterocycles. The van der Waals surface area contributed by atoms with Crippen LogP contribution in [0.25, 0.3) is 0 Å². The standard InChI is InChI=1S/C21H24N2O4/c1-3-22-21(26)23-19(24)15(2)27-20(25)18-12-8-7-11-17(18)14-13-16-9-5-4-6-10-16/h4-12,15H,3,13-14H2,1-2H3,(H2,22,23,24,26)/t15-/m1/s1. The van der Waals surface area contributed by atoms with Gasteiger partial charge in [-0.15, -0.1) is 0 Å². The maximum atomic E-state index is 12.5. The van der Waals surface area contributed by atoms with Crippen LogP contribution < -0.4 is 10.6 Å². The van der Waals surface area contributed by atoms with E-state index in [1.165, 1.54) is 12.5 Å². The lowest BCUT2D eigenvalue weighted by Gasteiger charge is -2.15. The van der Waals surface area contributed by atoms with Crippen molar-refractivity contribution < 1.29 is 19.1 Å². The average molecular weight is 368 g/mol. The summed E-state index contributed by atoms with van der Waals surface area (Å²) in [7, 11) is 0. The molecule has 142 valence electrons. The van der Waals surface area contributed by atoms with E-state index in [2.05, 4.69) is 10.6 Å². The summed E-state index contributed by atoms with van der Waals surface area (Å²) < 4.78 is 5.24. The van der Waals surface area contributed by atoms with Crippen molar-refractivity contribution in [2.75, 3.05) is 6.54 Å². The van der Waals surface area contributed by atoms with Gasteiger partial charge in [-0.05, 0) is 43.9 Å². The summed E-state index contributed by atoms with van der Waals surface area (Å²) in [5.41, 5.74) is 2.45. The molecule has 6 nitrogen and oxygen atoms in total. The van der Waals surface area contributed by atoms with Crippen molar-refractivity contribution >= 4 is 17.9 Å². The monoisotopic (exact) mass is 368 g/mol. The molecule has 0 aliphatic heterocycles. The molecule has 0 aromatic heterocycles. The quantitative estimate of drug-likeness (QED) is 0.736. The van der Waals surface area contributed by atoms with Gasteiger partial charge >= 0.3 is 12.0 Å². The molecule has 27 heavy (non-hydrogen) atoms. The summed E-state index contributed by atoms with van der Waals surface area (Å²) in [5.74, 6) is -1.26. The lowest BCUT2D eigenvalue weighted by molar-refractivity contribution is -0.127. The number of hydrogen-bond acceptors (Lipinski definition) is 4. The minimum Gasteiger partial charge on any atom is -0.449 e. The van der Waals surface area contributed by atoms with E-state index in [9.17, 15) is 14.4 Å². The minimum absolute atomic E-state index is 0.391. The number of benzene rings is 2. The fourth-order valence-electron chi connectivity index (χ4n) is 2.56. The van der Waals surface area contributed by atoms with Crippen LogP contribution in [0.1, 0.15) is 35.3 Å². The Hall–Kier alpha value is -3.15. The first kappa shape index (κ1) is 20.2. The molecule has 2 aromatic carbocycles. The second-order valence-corrected chi connectivity index (χ2v) is 6.04. The molecular formula is C21H24N2O4. The van der Waals surface area contributed by atoms with Crippen LogP contribution in [-0.4, -0.2) is 30.6 Å². The van der Waals surface area contributed by atoms with Crippen molar-refractivity contribution in [1.82, 2.24) is 10.6 Å². The topological polar surface area (TPSA) is 84.5 Å². The Morgan fingerprint density at radius 3 is 2.33 bits per heavy atom. The Balaban J connectivity index is 1.99. The van der Waals surface area contributed by atoms with Gasteiger partial charge in [0.2, 0.25) is 0 Å². The van der Waals surface area contributed by atoms with Gasteiger partial charge in [-0.25, -0.2) is 9.59 Å². The highest BCUT2D eigenvalue weighted by Gasteiger charge is 2.22. The molecule has 6 heteroatoms. The maximum absolute atomic E-state index is 12.5. The Labute approximate surface area is 158 Å². The van der Waals surface area contributed by atoms with Crippen molar-refractivity contribution in [1.29, 1.82) is 0 Å². The smallest absolute Gasteiger partial charge is 0.339 e. The van der Waals surface area contributed by atoms with Crippen molar-refractivity contribution in [3.63, 3.8) is 0 Å². The molecule has 0 radical (unpaired) electrons. The van der Waals surface area contributed by atoms with Crippen molar-refractivity contribution in [2.24, 2.45) is 0 Å². The zero-order chi connectivity index (χ0) is 19.6. The van der Waals surface area contributed by atoms with Gasteiger partial charge in [0.1, 0.15) is 0 Å². The van der Waals surface area contributed by atoms with E-state index in [0.29, 0.717) is 18.5 Å². The first-order chi connectivity index (χ1) is 13.0. The Morgan fingerprint density at radius 2 is 1.63 bits per heavy atom. The predicted molar refractivity (Wildman–Crippen MR) is 102 cm³/mol. The Morgan fingerprint density at radius 1 is 0.963 bits per heavy atom. The first-order valence-electron chi connectivity index (χ1n) is 8.92. The van der Waals surface area contributed by atoms with Gasteiger partial charge in [-0.1, -0.05) is 48.5 Å². The molecule has 3 amide bonds. The molecule has 1 atom stereocenters. The number of rotatable bonds is 7. The third kappa shape index (κ3) is 6.26. The number of nitrogens with one attached hydrogen (secondary N) is 2. The molecule has 0 spiro atoms. The second kappa shape index (κ2) is 10.1. The number of esters is 1. The second-order valence-electron chi connectivity index (χ2n) is 6.04. The number of imide groups is 1. The molecule has 2 aromatic rings. The molecule has 2 rings (SSSR count). The van der Waals surface area contributed by atoms with Crippen LogP contribution in [0.15, 0.2) is 54.6 Å². The zero-order valence-electron chi connectivity index (χ0n) is 15.5. The number of aryl methyl sites for hydroxylation is 2. The highest BCUT2D eigenvalue weighted by molar-refractivity contribution is 5.98. The van der Waals surface area contributed by atoms with Gasteiger partial charge in [0.05, 0.1) is 5.56 Å². The largest absolute Gasteiger partial charge is 0.449 e. The summed E-state index contributed by atoms with van der Waals surface area (Å²) in [5, 5.41) is 4.58. The predicted octanol–water partition coefficient (Wildman–Crippen LogP) is 2.86. The molecular weight excluding hydrogens is 344 g/mol. The maximum Gasteiger partial charge on any atom is 0.339 e. The zero-order valence-corrected chi connectivity index (χ0v) is 15.5. The van der Waals surface area contributed by atoms with E-state index in [4.69, 9.17) is 4.74 Å². The third-order valence-corrected chi connectivity index (χ3v) is 3.99. The van der Waals surface area contributed by atoms with E-state index < -0.39 is 24.0 Å². The molecule has 0 aliphatic carbocycles. The molecule has 0 fully saturated rings. The van der Waals surface area contributed by atoms with Crippen LogP contribution in [0.4, 0.5) is 4.79 Å². The van der Waals surface area contributed by atoms with E-state index in [-0.39, 0.29) is 0 Å². The molecule has 0 bridgehead atoms. The number of carbonyl (C=O) groups is 3. The summed E-state index contributed by atoms with van der Waals surface area (Å²) in [6.45, 7) is 3.56. The molecule has 2 N–H and O–H groups in total. The number of hydrogen-bond donors (Lipinski definition) is 2. The van der Waals surface area contributed by atoms with Gasteiger partial charge < -0.3 is 10.1 Å². The SMILES string of the molecule is CCNC(=O)NC(=O)[C@@H](C)OC(=O)c1ccccc1CCc1ccccc1. The lowest BCUT2D eigenvalue weighted by atomic mass is 10.00. The molecule has 0 saturated carbocycles. The fourth-order valence-corrected chi connectivity index (χ4v) is 2.56.